The molecule has 1 aromatic heterocycles. The van der Waals surface area contributed by atoms with Gasteiger partial charge in [-0.1, -0.05) is 50.2 Å². The fourth-order valence-electron chi connectivity index (χ4n) is 2.45. The summed E-state index contributed by atoms with van der Waals surface area (Å²) >= 11 is 0. The Morgan fingerprint density at radius 1 is 1.05 bits per heavy atom. The molecule has 0 radical (unpaired) electrons. The van der Waals surface area contributed by atoms with Gasteiger partial charge in [-0.25, -0.2) is 0 Å². The summed E-state index contributed by atoms with van der Waals surface area (Å²) in [6.07, 6.45) is 5.13. The first kappa shape index (κ1) is 14.7. The third-order valence-corrected chi connectivity index (χ3v) is 3.74. The molecule has 2 nitrogen and oxygen atoms in total. The van der Waals surface area contributed by atoms with E-state index >= 15 is 0 Å². The van der Waals surface area contributed by atoms with Crippen molar-refractivity contribution in [1.82, 2.24) is 10.3 Å². The van der Waals surface area contributed by atoms with Crippen LogP contribution in [0, 0.1) is 0 Å². The lowest BCUT2D eigenvalue weighted by atomic mass is 10.0. The molecule has 0 saturated heterocycles. The van der Waals surface area contributed by atoms with E-state index in [1.54, 1.807) is 0 Å². The fourth-order valence-corrected chi connectivity index (χ4v) is 2.45. The van der Waals surface area contributed by atoms with E-state index in [2.05, 4.69) is 60.5 Å². The number of hydrogen-bond acceptors (Lipinski definition) is 2. The smallest absolute Gasteiger partial charge is 0.0573 e. The van der Waals surface area contributed by atoms with Crippen molar-refractivity contribution in [3.8, 4) is 0 Å². The zero-order valence-electron chi connectivity index (χ0n) is 12.5. The van der Waals surface area contributed by atoms with Gasteiger partial charge in [0.05, 0.1) is 5.69 Å². The first-order chi connectivity index (χ1) is 9.83. The van der Waals surface area contributed by atoms with Gasteiger partial charge < -0.3 is 5.32 Å². The van der Waals surface area contributed by atoms with Crippen molar-refractivity contribution in [2.24, 2.45) is 0 Å². The number of aromatic nitrogens is 1. The molecular formula is C18H24N2. The molecule has 1 unspecified atom stereocenters. The molecule has 0 fully saturated rings. The molecule has 0 spiro atoms. The van der Waals surface area contributed by atoms with E-state index in [4.69, 9.17) is 0 Å². The molecule has 1 N–H and O–H groups in total. The summed E-state index contributed by atoms with van der Waals surface area (Å²) in [5.74, 6) is 0. The van der Waals surface area contributed by atoms with Crippen LogP contribution in [-0.4, -0.2) is 11.0 Å². The fraction of sp³-hybridized carbons (Fsp3) is 0.389. The van der Waals surface area contributed by atoms with Crippen LogP contribution in [0.2, 0.25) is 0 Å². The molecule has 1 aromatic carbocycles. The minimum Gasteiger partial charge on any atom is -0.308 e. The van der Waals surface area contributed by atoms with Crippen LogP contribution in [0.4, 0.5) is 0 Å². The molecule has 1 heterocycles. The standard InChI is InChI=1S/C18H24N2/c1-3-16-11-8-12-19-18(16)14-20-17(4-2)13-15-9-6-5-7-10-15/h5-12,17,20H,3-4,13-14H2,1-2H3. The quantitative estimate of drug-likeness (QED) is 0.827. The van der Waals surface area contributed by atoms with Crippen molar-refractivity contribution >= 4 is 0 Å². The Hall–Kier alpha value is -1.67. The number of rotatable bonds is 7. The van der Waals surface area contributed by atoms with Crippen molar-refractivity contribution < 1.29 is 0 Å². The van der Waals surface area contributed by atoms with Crippen molar-refractivity contribution in [1.29, 1.82) is 0 Å². The predicted octanol–water partition coefficient (Wildman–Crippen LogP) is 3.75. The summed E-state index contributed by atoms with van der Waals surface area (Å²) in [4.78, 5) is 4.50. The maximum Gasteiger partial charge on any atom is 0.0573 e. The lowest BCUT2D eigenvalue weighted by Gasteiger charge is -2.17. The maximum absolute atomic E-state index is 4.50. The molecule has 2 heteroatoms. The lowest BCUT2D eigenvalue weighted by Crippen LogP contribution is -2.30. The summed E-state index contributed by atoms with van der Waals surface area (Å²) in [5, 5.41) is 3.65. The van der Waals surface area contributed by atoms with Gasteiger partial charge in [0.15, 0.2) is 0 Å². The van der Waals surface area contributed by atoms with Crippen molar-refractivity contribution in [2.75, 3.05) is 0 Å². The SMILES string of the molecule is CCc1cccnc1CNC(CC)Cc1ccccc1. The molecule has 2 aromatic rings. The molecule has 0 aliphatic rings. The molecule has 0 aliphatic carbocycles. The van der Waals surface area contributed by atoms with Gasteiger partial charge in [0.2, 0.25) is 0 Å². The first-order valence-electron chi connectivity index (χ1n) is 7.53. The highest BCUT2D eigenvalue weighted by molar-refractivity contribution is 5.20. The number of pyridine rings is 1. The third-order valence-electron chi connectivity index (χ3n) is 3.74. The first-order valence-corrected chi connectivity index (χ1v) is 7.53. The zero-order chi connectivity index (χ0) is 14.2. The van der Waals surface area contributed by atoms with Crippen LogP contribution in [0.15, 0.2) is 48.7 Å². The highest BCUT2D eigenvalue weighted by Crippen LogP contribution is 2.09. The Balaban J connectivity index is 1.94. The van der Waals surface area contributed by atoms with Gasteiger partial charge in [-0.05, 0) is 36.5 Å². The minimum absolute atomic E-state index is 0.504. The van der Waals surface area contributed by atoms with Crippen molar-refractivity contribution in [2.45, 2.75) is 45.7 Å². The molecule has 0 saturated carbocycles. The minimum atomic E-state index is 0.504. The molecule has 1 atom stereocenters. The average molecular weight is 268 g/mol. The summed E-state index contributed by atoms with van der Waals surface area (Å²) < 4.78 is 0. The topological polar surface area (TPSA) is 24.9 Å². The summed E-state index contributed by atoms with van der Waals surface area (Å²) in [5.41, 5.74) is 3.92. The Morgan fingerprint density at radius 3 is 2.55 bits per heavy atom. The van der Waals surface area contributed by atoms with E-state index in [1.807, 2.05) is 12.3 Å². The Bertz CT molecular complexity index is 508. The van der Waals surface area contributed by atoms with Crippen molar-refractivity contribution in [3.63, 3.8) is 0 Å². The molecule has 0 amide bonds. The molecule has 20 heavy (non-hydrogen) atoms. The van der Waals surface area contributed by atoms with E-state index in [9.17, 15) is 0 Å². The van der Waals surface area contributed by atoms with Crippen LogP contribution in [0.1, 0.15) is 37.1 Å². The van der Waals surface area contributed by atoms with E-state index in [1.165, 1.54) is 16.8 Å². The van der Waals surface area contributed by atoms with Gasteiger partial charge in [-0.3, -0.25) is 4.98 Å². The van der Waals surface area contributed by atoms with Gasteiger partial charge in [-0.2, -0.15) is 0 Å². The normalized spacial score (nSPS) is 12.3. The number of hydrogen-bond donors (Lipinski definition) is 1. The van der Waals surface area contributed by atoms with E-state index in [0.717, 1.165) is 25.8 Å². The molecular weight excluding hydrogens is 244 g/mol. The number of benzene rings is 1. The summed E-state index contributed by atoms with van der Waals surface area (Å²) in [7, 11) is 0. The predicted molar refractivity (Wildman–Crippen MR) is 84.7 cm³/mol. The largest absolute Gasteiger partial charge is 0.308 e. The molecule has 0 bridgehead atoms. The second kappa shape index (κ2) is 7.81. The molecule has 106 valence electrons. The van der Waals surface area contributed by atoms with Crippen LogP contribution in [0.25, 0.3) is 0 Å². The third kappa shape index (κ3) is 4.17. The van der Waals surface area contributed by atoms with Gasteiger partial charge in [-0.15, -0.1) is 0 Å². The zero-order valence-corrected chi connectivity index (χ0v) is 12.5. The van der Waals surface area contributed by atoms with Gasteiger partial charge in [0, 0.05) is 18.8 Å². The second-order valence-electron chi connectivity index (χ2n) is 5.14. The van der Waals surface area contributed by atoms with Gasteiger partial charge >= 0.3 is 0 Å². The van der Waals surface area contributed by atoms with Crippen LogP contribution >= 0.6 is 0 Å². The average Bonchev–Trinajstić information content (AvgIpc) is 2.52. The number of nitrogens with zero attached hydrogens (tertiary/aromatic N) is 1. The van der Waals surface area contributed by atoms with Gasteiger partial charge in [0.25, 0.3) is 0 Å². The summed E-state index contributed by atoms with van der Waals surface area (Å²) in [6, 6.07) is 15.4. The Morgan fingerprint density at radius 2 is 1.85 bits per heavy atom. The summed E-state index contributed by atoms with van der Waals surface area (Å²) in [6.45, 7) is 5.27. The molecule has 0 aliphatic heterocycles. The van der Waals surface area contributed by atoms with E-state index < -0.39 is 0 Å². The maximum atomic E-state index is 4.50. The highest BCUT2D eigenvalue weighted by atomic mass is 14.9. The number of nitrogens with one attached hydrogen (secondary N) is 1. The number of aryl methyl sites for hydroxylation is 1. The van der Waals surface area contributed by atoms with E-state index in [-0.39, 0.29) is 0 Å². The second-order valence-corrected chi connectivity index (χ2v) is 5.14. The molecule has 2 rings (SSSR count). The Kier molecular flexibility index (Phi) is 5.75. The van der Waals surface area contributed by atoms with Crippen LogP contribution in [-0.2, 0) is 19.4 Å². The van der Waals surface area contributed by atoms with Crippen LogP contribution in [0.3, 0.4) is 0 Å². The van der Waals surface area contributed by atoms with Crippen LogP contribution < -0.4 is 5.32 Å². The van der Waals surface area contributed by atoms with Crippen molar-refractivity contribution in [3.05, 3.63) is 65.5 Å². The highest BCUT2D eigenvalue weighted by Gasteiger charge is 2.08. The Labute approximate surface area is 122 Å². The lowest BCUT2D eigenvalue weighted by molar-refractivity contribution is 0.489. The monoisotopic (exact) mass is 268 g/mol. The van der Waals surface area contributed by atoms with Crippen LogP contribution in [0.5, 0.6) is 0 Å². The van der Waals surface area contributed by atoms with E-state index in [0.29, 0.717) is 6.04 Å². The van der Waals surface area contributed by atoms with Gasteiger partial charge in [0.1, 0.15) is 0 Å².